The number of nitrogen functional groups attached to an aromatic ring is 1. The van der Waals surface area contributed by atoms with E-state index in [-0.39, 0.29) is 6.54 Å². The average molecular weight is 294 g/mol. The van der Waals surface area contributed by atoms with Crippen LogP contribution in [-0.2, 0) is 0 Å². The number of rotatable bonds is 3. The highest BCUT2D eigenvalue weighted by atomic mass is 19.2. The van der Waals surface area contributed by atoms with Crippen molar-refractivity contribution in [3.63, 3.8) is 0 Å². The highest BCUT2D eigenvalue weighted by Gasteiger charge is 2.23. The summed E-state index contributed by atoms with van der Waals surface area (Å²) in [5.41, 5.74) is 6.00. The quantitative estimate of drug-likeness (QED) is 0.697. The Hall–Kier alpha value is -2.50. The van der Waals surface area contributed by atoms with Crippen molar-refractivity contribution >= 4 is 17.3 Å². The Morgan fingerprint density at radius 2 is 1.86 bits per heavy atom. The zero-order valence-electron chi connectivity index (χ0n) is 11.2. The average Bonchev–Trinajstić information content (AvgIpc) is 2.45. The summed E-state index contributed by atoms with van der Waals surface area (Å²) in [5.74, 6) is -5.26. The lowest BCUT2D eigenvalue weighted by molar-refractivity contribution is 0.0983. The second-order valence-electron chi connectivity index (χ2n) is 4.37. The van der Waals surface area contributed by atoms with Crippen LogP contribution in [0.15, 0.2) is 36.4 Å². The van der Waals surface area contributed by atoms with Gasteiger partial charge in [-0.3, -0.25) is 4.79 Å². The van der Waals surface area contributed by atoms with Crippen molar-refractivity contribution in [2.24, 2.45) is 0 Å². The lowest BCUT2D eigenvalue weighted by atomic mass is 10.1. The van der Waals surface area contributed by atoms with Gasteiger partial charge in [0.15, 0.2) is 17.5 Å². The van der Waals surface area contributed by atoms with Crippen LogP contribution in [0.1, 0.15) is 17.3 Å². The predicted molar refractivity (Wildman–Crippen MR) is 74.5 cm³/mol. The molecule has 0 radical (unpaired) electrons. The fourth-order valence-corrected chi connectivity index (χ4v) is 1.97. The normalized spacial score (nSPS) is 10.5. The zero-order chi connectivity index (χ0) is 15.6. The van der Waals surface area contributed by atoms with E-state index in [9.17, 15) is 18.0 Å². The van der Waals surface area contributed by atoms with Gasteiger partial charge in [-0.25, -0.2) is 13.2 Å². The van der Waals surface area contributed by atoms with Crippen LogP contribution in [0.4, 0.5) is 24.5 Å². The molecule has 3 nitrogen and oxygen atoms in total. The van der Waals surface area contributed by atoms with Gasteiger partial charge in [-0.1, -0.05) is 6.07 Å². The molecular formula is C15H13F3N2O. The summed E-state index contributed by atoms with van der Waals surface area (Å²) in [6.45, 7) is 1.90. The summed E-state index contributed by atoms with van der Waals surface area (Å²) < 4.78 is 39.9. The van der Waals surface area contributed by atoms with Crippen LogP contribution < -0.4 is 10.6 Å². The largest absolute Gasteiger partial charge is 0.399 e. The molecule has 6 heteroatoms. The van der Waals surface area contributed by atoms with E-state index in [1.54, 1.807) is 31.2 Å². The molecule has 21 heavy (non-hydrogen) atoms. The van der Waals surface area contributed by atoms with Crippen molar-refractivity contribution in [3.8, 4) is 0 Å². The Morgan fingerprint density at radius 3 is 2.48 bits per heavy atom. The lowest BCUT2D eigenvalue weighted by Crippen LogP contribution is -2.31. The summed E-state index contributed by atoms with van der Waals surface area (Å²) in [6.07, 6.45) is 0. The second kappa shape index (κ2) is 5.87. The van der Waals surface area contributed by atoms with Crippen molar-refractivity contribution in [3.05, 3.63) is 59.4 Å². The van der Waals surface area contributed by atoms with Crippen molar-refractivity contribution in [1.82, 2.24) is 0 Å². The van der Waals surface area contributed by atoms with Crippen LogP contribution >= 0.6 is 0 Å². The van der Waals surface area contributed by atoms with Crippen LogP contribution in [0.2, 0.25) is 0 Å². The minimum atomic E-state index is -1.66. The molecule has 0 aromatic heterocycles. The van der Waals surface area contributed by atoms with Gasteiger partial charge in [-0.2, -0.15) is 0 Å². The smallest absolute Gasteiger partial charge is 0.261 e. The van der Waals surface area contributed by atoms with Gasteiger partial charge >= 0.3 is 0 Å². The fourth-order valence-electron chi connectivity index (χ4n) is 1.97. The maximum atomic E-state index is 13.7. The van der Waals surface area contributed by atoms with Gasteiger partial charge in [-0.15, -0.1) is 0 Å². The van der Waals surface area contributed by atoms with Crippen LogP contribution in [0, 0.1) is 17.5 Å². The first kappa shape index (κ1) is 14.9. The Kier molecular flexibility index (Phi) is 4.16. The number of hydrogen-bond donors (Lipinski definition) is 1. The molecule has 2 N–H and O–H groups in total. The SMILES string of the molecule is CCN(C(=O)c1ccc(F)c(F)c1F)c1cccc(N)c1. The molecule has 0 bridgehead atoms. The zero-order valence-corrected chi connectivity index (χ0v) is 11.2. The molecule has 2 aromatic carbocycles. The van der Waals surface area contributed by atoms with E-state index in [4.69, 9.17) is 5.73 Å². The summed E-state index contributed by atoms with van der Waals surface area (Å²) >= 11 is 0. The third-order valence-corrected chi connectivity index (χ3v) is 3.01. The molecule has 0 aliphatic carbocycles. The minimum absolute atomic E-state index is 0.223. The first-order chi connectivity index (χ1) is 9.95. The first-order valence-electron chi connectivity index (χ1n) is 6.26. The topological polar surface area (TPSA) is 46.3 Å². The second-order valence-corrected chi connectivity index (χ2v) is 4.37. The maximum absolute atomic E-state index is 13.7. The standard InChI is InChI=1S/C15H13F3N2O/c1-2-20(10-5-3-4-9(19)8-10)15(21)11-6-7-12(16)14(18)13(11)17/h3-8H,2,19H2,1H3. The molecular weight excluding hydrogens is 281 g/mol. The third-order valence-electron chi connectivity index (χ3n) is 3.01. The number of nitrogens with two attached hydrogens (primary N) is 1. The molecule has 0 heterocycles. The highest BCUT2D eigenvalue weighted by molar-refractivity contribution is 6.06. The molecule has 0 atom stereocenters. The predicted octanol–water partition coefficient (Wildman–Crippen LogP) is 3.35. The Labute approximate surface area is 119 Å². The lowest BCUT2D eigenvalue weighted by Gasteiger charge is -2.21. The van der Waals surface area contributed by atoms with E-state index < -0.39 is 28.9 Å². The molecule has 0 spiro atoms. The monoisotopic (exact) mass is 294 g/mol. The number of amides is 1. The van der Waals surface area contributed by atoms with Crippen LogP contribution in [0.25, 0.3) is 0 Å². The number of halogens is 3. The molecule has 0 saturated heterocycles. The van der Waals surface area contributed by atoms with Crippen LogP contribution in [0.3, 0.4) is 0 Å². The van der Waals surface area contributed by atoms with Crippen molar-refractivity contribution in [2.45, 2.75) is 6.92 Å². The number of carbonyl (C=O) groups is 1. The number of nitrogens with zero attached hydrogens (tertiary/aromatic N) is 1. The van der Waals surface area contributed by atoms with Crippen LogP contribution in [-0.4, -0.2) is 12.5 Å². The number of hydrogen-bond acceptors (Lipinski definition) is 2. The van der Waals surface area contributed by atoms with Gasteiger partial charge in [0.25, 0.3) is 5.91 Å². The van der Waals surface area contributed by atoms with Gasteiger partial charge in [-0.05, 0) is 37.3 Å². The van der Waals surface area contributed by atoms with E-state index in [2.05, 4.69) is 0 Å². The minimum Gasteiger partial charge on any atom is -0.399 e. The summed E-state index contributed by atoms with van der Waals surface area (Å²) in [4.78, 5) is 13.6. The van der Waals surface area contributed by atoms with Crippen molar-refractivity contribution in [1.29, 1.82) is 0 Å². The van der Waals surface area contributed by atoms with E-state index in [0.717, 1.165) is 12.1 Å². The molecule has 0 aliphatic heterocycles. The summed E-state index contributed by atoms with van der Waals surface area (Å²) in [7, 11) is 0. The van der Waals surface area contributed by atoms with Gasteiger partial charge in [0.1, 0.15) is 0 Å². The third kappa shape index (κ3) is 2.84. The van der Waals surface area contributed by atoms with E-state index in [0.29, 0.717) is 11.4 Å². The summed E-state index contributed by atoms with van der Waals surface area (Å²) in [5, 5.41) is 0. The van der Waals surface area contributed by atoms with E-state index >= 15 is 0 Å². The van der Waals surface area contributed by atoms with E-state index in [1.807, 2.05) is 0 Å². The number of benzene rings is 2. The molecule has 2 aromatic rings. The Morgan fingerprint density at radius 1 is 1.14 bits per heavy atom. The van der Waals surface area contributed by atoms with E-state index in [1.165, 1.54) is 4.90 Å². The van der Waals surface area contributed by atoms with Gasteiger partial charge < -0.3 is 10.6 Å². The Bertz CT molecular complexity index is 689. The molecule has 110 valence electrons. The maximum Gasteiger partial charge on any atom is 0.261 e. The molecule has 0 fully saturated rings. The Balaban J connectivity index is 2.44. The molecule has 0 aliphatic rings. The van der Waals surface area contributed by atoms with Gasteiger partial charge in [0.2, 0.25) is 0 Å². The number of carbonyl (C=O) groups excluding carboxylic acids is 1. The molecule has 1 amide bonds. The van der Waals surface area contributed by atoms with Crippen molar-refractivity contribution < 1.29 is 18.0 Å². The van der Waals surface area contributed by atoms with Gasteiger partial charge in [0.05, 0.1) is 5.56 Å². The van der Waals surface area contributed by atoms with Crippen molar-refractivity contribution in [2.75, 3.05) is 17.2 Å². The number of anilines is 2. The fraction of sp³-hybridized carbons (Fsp3) is 0.133. The van der Waals surface area contributed by atoms with Crippen LogP contribution in [0.5, 0.6) is 0 Å². The molecule has 0 unspecified atom stereocenters. The summed E-state index contributed by atoms with van der Waals surface area (Å²) in [6, 6.07) is 8.08. The van der Waals surface area contributed by atoms with Gasteiger partial charge in [0, 0.05) is 17.9 Å². The molecule has 0 saturated carbocycles. The first-order valence-corrected chi connectivity index (χ1v) is 6.26. The molecule has 2 rings (SSSR count). The highest BCUT2D eigenvalue weighted by Crippen LogP contribution is 2.22.